The number of hydrogen-bond acceptors (Lipinski definition) is 2. The Kier molecular flexibility index (Phi) is 6.35. The minimum absolute atomic E-state index is 0.326. The molecule has 1 aromatic carbocycles. The van der Waals surface area contributed by atoms with Crippen LogP contribution in [0.1, 0.15) is 17.3 Å². The van der Waals surface area contributed by atoms with Crippen molar-refractivity contribution >= 4 is 50.0 Å². The van der Waals surface area contributed by atoms with Crippen LogP contribution in [0.25, 0.3) is 0 Å². The van der Waals surface area contributed by atoms with Crippen LogP contribution < -0.4 is 5.32 Å². The van der Waals surface area contributed by atoms with Gasteiger partial charge >= 0.3 is 0 Å². The first-order chi connectivity index (χ1) is 9.29. The third kappa shape index (κ3) is 5.42. The molecule has 2 amide bonds. The molecule has 7 heteroatoms. The second-order valence-electron chi connectivity index (χ2n) is 4.40. The van der Waals surface area contributed by atoms with Gasteiger partial charge in [-0.25, -0.2) is 4.99 Å². The van der Waals surface area contributed by atoms with Gasteiger partial charge in [0.05, 0.1) is 6.34 Å². The summed E-state index contributed by atoms with van der Waals surface area (Å²) in [5.74, 6) is -0.728. The number of nitrogens with zero attached hydrogens (tertiary/aromatic N) is 2. The van der Waals surface area contributed by atoms with Gasteiger partial charge in [0, 0.05) is 28.6 Å². The van der Waals surface area contributed by atoms with E-state index in [1.54, 1.807) is 38.1 Å². The van der Waals surface area contributed by atoms with Crippen LogP contribution in [-0.2, 0) is 4.79 Å². The van der Waals surface area contributed by atoms with Gasteiger partial charge in [0.1, 0.15) is 6.04 Å². The Balaban J connectivity index is 2.72. The molecule has 1 N–H and O–H groups in total. The summed E-state index contributed by atoms with van der Waals surface area (Å²) in [6.07, 6.45) is 1.40. The van der Waals surface area contributed by atoms with E-state index in [1.807, 2.05) is 6.07 Å². The monoisotopic (exact) mass is 403 g/mol. The highest BCUT2D eigenvalue weighted by molar-refractivity contribution is 9.11. The van der Waals surface area contributed by atoms with Crippen LogP contribution in [0.2, 0.25) is 0 Å². The van der Waals surface area contributed by atoms with Crippen LogP contribution in [0.15, 0.2) is 32.1 Å². The van der Waals surface area contributed by atoms with Crippen LogP contribution in [-0.4, -0.2) is 43.2 Å². The number of nitrogens with one attached hydrogen (secondary N) is 1. The van der Waals surface area contributed by atoms with Crippen LogP contribution in [0.5, 0.6) is 0 Å². The number of rotatable bonds is 4. The van der Waals surface area contributed by atoms with E-state index in [2.05, 4.69) is 42.2 Å². The minimum atomic E-state index is -0.684. The molecule has 0 aliphatic heterocycles. The molecule has 1 atom stereocenters. The van der Waals surface area contributed by atoms with Crippen molar-refractivity contribution in [1.29, 1.82) is 0 Å². The lowest BCUT2D eigenvalue weighted by molar-refractivity contribution is -0.119. The molecule has 0 aliphatic carbocycles. The first-order valence-corrected chi connectivity index (χ1v) is 7.39. The lowest BCUT2D eigenvalue weighted by Crippen LogP contribution is -2.38. The Morgan fingerprint density at radius 2 is 1.80 bits per heavy atom. The van der Waals surface area contributed by atoms with Crippen molar-refractivity contribution in [2.75, 3.05) is 14.1 Å². The molecule has 0 fully saturated rings. The van der Waals surface area contributed by atoms with Gasteiger partial charge in [-0.2, -0.15) is 0 Å². The molecule has 0 saturated heterocycles. The normalized spacial score (nSPS) is 12.2. The minimum Gasteiger partial charge on any atom is -0.369 e. The summed E-state index contributed by atoms with van der Waals surface area (Å²) < 4.78 is 1.56. The van der Waals surface area contributed by atoms with Gasteiger partial charge in [-0.3, -0.25) is 9.59 Å². The molecule has 0 radical (unpaired) electrons. The van der Waals surface area contributed by atoms with E-state index in [1.165, 1.54) is 6.34 Å². The van der Waals surface area contributed by atoms with Crippen molar-refractivity contribution in [2.45, 2.75) is 13.0 Å². The number of hydrogen-bond donors (Lipinski definition) is 1. The molecular weight excluding hydrogens is 390 g/mol. The van der Waals surface area contributed by atoms with Crippen LogP contribution in [0.4, 0.5) is 0 Å². The highest BCUT2D eigenvalue weighted by Crippen LogP contribution is 2.20. The molecule has 20 heavy (non-hydrogen) atoms. The van der Waals surface area contributed by atoms with E-state index in [4.69, 9.17) is 0 Å². The van der Waals surface area contributed by atoms with E-state index >= 15 is 0 Å². The standard InChI is InChI=1S/C13H15Br2N3O2/c1-8(12(19)16-7-18(2)3)17-13(20)9-4-10(14)6-11(15)5-9/h4-8H,1-3H3,(H,17,20)/b16-7+. The van der Waals surface area contributed by atoms with Crippen molar-refractivity contribution in [3.63, 3.8) is 0 Å². The molecule has 1 aromatic rings. The third-order valence-electron chi connectivity index (χ3n) is 2.26. The Labute approximate surface area is 134 Å². The van der Waals surface area contributed by atoms with Gasteiger partial charge < -0.3 is 10.2 Å². The fourth-order valence-corrected chi connectivity index (χ4v) is 2.60. The fourth-order valence-electron chi connectivity index (χ4n) is 1.31. The lowest BCUT2D eigenvalue weighted by atomic mass is 10.2. The van der Waals surface area contributed by atoms with Crippen molar-refractivity contribution in [2.24, 2.45) is 4.99 Å². The van der Waals surface area contributed by atoms with Gasteiger partial charge in [0.15, 0.2) is 0 Å². The SMILES string of the molecule is CC(NC(=O)c1cc(Br)cc(Br)c1)C(=O)/N=C/N(C)C. The fraction of sp³-hybridized carbons (Fsp3) is 0.308. The topological polar surface area (TPSA) is 61.8 Å². The van der Waals surface area contributed by atoms with Crippen molar-refractivity contribution in [3.05, 3.63) is 32.7 Å². The molecule has 0 heterocycles. The lowest BCUT2D eigenvalue weighted by Gasteiger charge is -2.11. The average molecular weight is 405 g/mol. The van der Waals surface area contributed by atoms with E-state index in [-0.39, 0.29) is 5.91 Å². The second-order valence-corrected chi connectivity index (χ2v) is 6.23. The highest BCUT2D eigenvalue weighted by Gasteiger charge is 2.16. The van der Waals surface area contributed by atoms with Gasteiger partial charge in [0.25, 0.3) is 11.8 Å². The number of halogens is 2. The maximum absolute atomic E-state index is 12.0. The Morgan fingerprint density at radius 1 is 1.25 bits per heavy atom. The molecule has 0 aliphatic rings. The molecule has 108 valence electrons. The van der Waals surface area contributed by atoms with E-state index in [0.29, 0.717) is 5.56 Å². The number of carbonyl (C=O) groups is 2. The van der Waals surface area contributed by atoms with Gasteiger partial charge in [0.2, 0.25) is 0 Å². The maximum Gasteiger partial charge on any atom is 0.269 e. The number of aliphatic imine (C=N–C) groups is 1. The predicted octanol–water partition coefficient (Wildman–Crippen LogP) is 2.45. The van der Waals surface area contributed by atoms with Crippen LogP contribution >= 0.6 is 31.9 Å². The average Bonchev–Trinajstić information content (AvgIpc) is 2.34. The molecular formula is C13H15Br2N3O2. The molecule has 0 aromatic heterocycles. The van der Waals surface area contributed by atoms with Crippen molar-refractivity contribution in [1.82, 2.24) is 10.2 Å². The van der Waals surface area contributed by atoms with Crippen molar-refractivity contribution < 1.29 is 9.59 Å². The largest absolute Gasteiger partial charge is 0.369 e. The molecule has 5 nitrogen and oxygen atoms in total. The van der Waals surface area contributed by atoms with Gasteiger partial charge in [-0.1, -0.05) is 31.9 Å². The number of carbonyl (C=O) groups excluding carboxylic acids is 2. The number of benzene rings is 1. The summed E-state index contributed by atoms with van der Waals surface area (Å²) in [7, 11) is 3.53. The first kappa shape index (κ1) is 16.8. The quantitative estimate of drug-likeness (QED) is 0.619. The highest BCUT2D eigenvalue weighted by atomic mass is 79.9. The zero-order chi connectivity index (χ0) is 15.3. The zero-order valence-electron chi connectivity index (χ0n) is 11.4. The molecule has 0 bridgehead atoms. The van der Waals surface area contributed by atoms with Crippen molar-refractivity contribution in [3.8, 4) is 0 Å². The Morgan fingerprint density at radius 3 is 2.30 bits per heavy atom. The second kappa shape index (κ2) is 7.54. The summed E-state index contributed by atoms with van der Waals surface area (Å²) >= 11 is 6.62. The maximum atomic E-state index is 12.0. The summed E-state index contributed by atoms with van der Waals surface area (Å²) in [6.45, 7) is 1.60. The molecule has 0 saturated carbocycles. The van der Waals surface area contributed by atoms with E-state index in [9.17, 15) is 9.59 Å². The Hall–Kier alpha value is -1.21. The Bertz CT molecular complexity index is 524. The predicted molar refractivity (Wildman–Crippen MR) is 86.0 cm³/mol. The summed E-state index contributed by atoms with van der Waals surface area (Å²) in [5, 5.41) is 2.61. The van der Waals surface area contributed by atoms with Gasteiger partial charge in [-0.15, -0.1) is 0 Å². The van der Waals surface area contributed by atoms with Crippen LogP contribution in [0, 0.1) is 0 Å². The first-order valence-electron chi connectivity index (χ1n) is 5.81. The zero-order valence-corrected chi connectivity index (χ0v) is 14.5. The number of amides is 2. The van der Waals surface area contributed by atoms with Crippen LogP contribution in [0.3, 0.4) is 0 Å². The van der Waals surface area contributed by atoms with E-state index < -0.39 is 11.9 Å². The third-order valence-corrected chi connectivity index (χ3v) is 3.17. The summed E-state index contributed by atoms with van der Waals surface area (Å²) in [5.41, 5.74) is 0.461. The summed E-state index contributed by atoms with van der Waals surface area (Å²) in [6, 6.07) is 4.50. The smallest absolute Gasteiger partial charge is 0.269 e. The van der Waals surface area contributed by atoms with Gasteiger partial charge in [-0.05, 0) is 25.1 Å². The summed E-state index contributed by atoms with van der Waals surface area (Å²) in [4.78, 5) is 29.1. The molecule has 1 unspecified atom stereocenters. The molecule has 0 spiro atoms. The molecule has 1 rings (SSSR count). The van der Waals surface area contributed by atoms with E-state index in [0.717, 1.165) is 8.95 Å².